The Morgan fingerprint density at radius 2 is 1.86 bits per heavy atom. The van der Waals surface area contributed by atoms with Gasteiger partial charge < -0.3 is 19.6 Å². The molecule has 28 heavy (non-hydrogen) atoms. The van der Waals surface area contributed by atoms with Crippen LogP contribution in [-0.4, -0.2) is 16.8 Å². The number of rotatable bonds is 6. The molecule has 0 amide bonds. The number of nitrogens with zero attached hydrogens (tertiary/aromatic N) is 2. The van der Waals surface area contributed by atoms with Crippen LogP contribution in [0.5, 0.6) is 11.5 Å². The molecule has 0 radical (unpaired) electrons. The van der Waals surface area contributed by atoms with E-state index in [0.29, 0.717) is 35.3 Å². The van der Waals surface area contributed by atoms with Crippen LogP contribution in [0, 0.1) is 0 Å². The van der Waals surface area contributed by atoms with Gasteiger partial charge in [-0.25, -0.2) is 0 Å². The van der Waals surface area contributed by atoms with Gasteiger partial charge in [0, 0.05) is 5.56 Å². The molecule has 7 heteroatoms. The van der Waals surface area contributed by atoms with E-state index >= 15 is 0 Å². The second-order valence-corrected chi connectivity index (χ2v) is 6.50. The highest BCUT2D eigenvalue weighted by atomic mass is 35.5. The SMILES string of the molecule is CCOc1cc(-c2nnc(N)o2)cc(Cl)c1OCc1cccc2ccccc12. The van der Waals surface area contributed by atoms with Crippen LogP contribution < -0.4 is 15.2 Å². The predicted molar refractivity (Wildman–Crippen MR) is 109 cm³/mol. The van der Waals surface area contributed by atoms with Crippen LogP contribution in [-0.2, 0) is 6.61 Å². The number of halogens is 1. The van der Waals surface area contributed by atoms with E-state index in [1.807, 2.05) is 31.2 Å². The molecule has 0 aliphatic rings. The fourth-order valence-electron chi connectivity index (χ4n) is 3.01. The normalized spacial score (nSPS) is 10.9. The van der Waals surface area contributed by atoms with Gasteiger partial charge in [0.25, 0.3) is 0 Å². The Bertz CT molecular complexity index is 1120. The molecule has 0 saturated heterocycles. The number of hydrogen-bond acceptors (Lipinski definition) is 6. The van der Waals surface area contributed by atoms with Crippen molar-refractivity contribution in [3.63, 3.8) is 0 Å². The van der Waals surface area contributed by atoms with Crippen molar-refractivity contribution < 1.29 is 13.9 Å². The molecule has 0 saturated carbocycles. The lowest BCUT2D eigenvalue weighted by atomic mass is 10.1. The summed E-state index contributed by atoms with van der Waals surface area (Å²) in [6, 6.07) is 17.7. The van der Waals surface area contributed by atoms with E-state index in [1.165, 1.54) is 0 Å². The Labute approximate surface area is 166 Å². The molecular formula is C21H18ClN3O3. The van der Waals surface area contributed by atoms with Gasteiger partial charge in [0.2, 0.25) is 5.89 Å². The van der Waals surface area contributed by atoms with Gasteiger partial charge in [0.05, 0.1) is 11.6 Å². The lowest BCUT2D eigenvalue weighted by Crippen LogP contribution is -2.01. The fraction of sp³-hybridized carbons (Fsp3) is 0.143. The van der Waals surface area contributed by atoms with Crippen LogP contribution in [0.15, 0.2) is 59.0 Å². The number of nitrogens with two attached hydrogens (primary N) is 1. The first-order chi connectivity index (χ1) is 13.7. The van der Waals surface area contributed by atoms with E-state index in [2.05, 4.69) is 28.4 Å². The van der Waals surface area contributed by atoms with Gasteiger partial charge in [-0.15, -0.1) is 5.10 Å². The van der Waals surface area contributed by atoms with Crippen LogP contribution >= 0.6 is 11.6 Å². The lowest BCUT2D eigenvalue weighted by Gasteiger charge is -2.15. The number of ether oxygens (including phenoxy) is 2. The molecule has 6 nitrogen and oxygen atoms in total. The first kappa shape index (κ1) is 18.1. The van der Waals surface area contributed by atoms with Crippen LogP contribution in [0.2, 0.25) is 5.02 Å². The third kappa shape index (κ3) is 3.59. The monoisotopic (exact) mass is 395 g/mol. The van der Waals surface area contributed by atoms with Crippen LogP contribution in [0.25, 0.3) is 22.2 Å². The van der Waals surface area contributed by atoms with Gasteiger partial charge in [-0.3, -0.25) is 0 Å². The molecule has 2 N–H and O–H groups in total. The third-order valence-corrected chi connectivity index (χ3v) is 4.53. The van der Waals surface area contributed by atoms with Crippen molar-refractivity contribution >= 4 is 28.4 Å². The maximum Gasteiger partial charge on any atom is 0.313 e. The van der Waals surface area contributed by atoms with Crippen molar-refractivity contribution in [3.05, 3.63) is 65.2 Å². The van der Waals surface area contributed by atoms with Gasteiger partial charge >= 0.3 is 6.01 Å². The summed E-state index contributed by atoms with van der Waals surface area (Å²) < 4.78 is 17.1. The number of anilines is 1. The second kappa shape index (κ2) is 7.78. The van der Waals surface area contributed by atoms with E-state index in [1.54, 1.807) is 12.1 Å². The Hall–Kier alpha value is -3.25. The summed E-state index contributed by atoms with van der Waals surface area (Å²) in [7, 11) is 0. The van der Waals surface area contributed by atoms with E-state index in [0.717, 1.165) is 16.3 Å². The second-order valence-electron chi connectivity index (χ2n) is 6.09. The molecule has 1 aromatic heterocycles. The molecule has 4 aromatic rings. The van der Waals surface area contributed by atoms with Crippen molar-refractivity contribution in [2.45, 2.75) is 13.5 Å². The van der Waals surface area contributed by atoms with E-state index in [-0.39, 0.29) is 11.9 Å². The molecule has 0 aliphatic heterocycles. The maximum atomic E-state index is 6.49. The molecule has 4 rings (SSSR count). The quantitative estimate of drug-likeness (QED) is 0.488. The summed E-state index contributed by atoms with van der Waals surface area (Å²) in [5.41, 5.74) is 7.18. The van der Waals surface area contributed by atoms with Crippen LogP contribution in [0.4, 0.5) is 6.01 Å². The summed E-state index contributed by atoms with van der Waals surface area (Å²) in [5.74, 6) is 1.23. The maximum absolute atomic E-state index is 6.49. The van der Waals surface area contributed by atoms with Gasteiger partial charge in [-0.1, -0.05) is 59.2 Å². The highest BCUT2D eigenvalue weighted by molar-refractivity contribution is 6.32. The van der Waals surface area contributed by atoms with Crippen molar-refractivity contribution in [3.8, 4) is 23.0 Å². The zero-order chi connectivity index (χ0) is 19.5. The summed E-state index contributed by atoms with van der Waals surface area (Å²) in [5, 5.41) is 10.2. The zero-order valence-corrected chi connectivity index (χ0v) is 15.9. The Kier molecular flexibility index (Phi) is 5.04. The third-order valence-electron chi connectivity index (χ3n) is 4.25. The minimum Gasteiger partial charge on any atom is -0.490 e. The minimum absolute atomic E-state index is 0.0136. The largest absolute Gasteiger partial charge is 0.490 e. The first-order valence-electron chi connectivity index (χ1n) is 8.81. The topological polar surface area (TPSA) is 83.4 Å². The summed E-state index contributed by atoms with van der Waals surface area (Å²) in [6.45, 7) is 2.70. The number of benzene rings is 3. The Balaban J connectivity index is 1.66. The Morgan fingerprint density at radius 1 is 1.04 bits per heavy atom. The molecule has 0 bridgehead atoms. The number of aromatic nitrogens is 2. The average molecular weight is 396 g/mol. The van der Waals surface area contributed by atoms with Crippen LogP contribution in [0.1, 0.15) is 12.5 Å². The van der Waals surface area contributed by atoms with Crippen molar-refractivity contribution in [2.75, 3.05) is 12.3 Å². The fourth-order valence-corrected chi connectivity index (χ4v) is 3.28. The summed E-state index contributed by atoms with van der Waals surface area (Å²) in [6.07, 6.45) is 0. The van der Waals surface area contributed by atoms with Gasteiger partial charge in [0.15, 0.2) is 11.5 Å². The Morgan fingerprint density at radius 3 is 2.64 bits per heavy atom. The van der Waals surface area contributed by atoms with Crippen molar-refractivity contribution in [1.29, 1.82) is 0 Å². The number of hydrogen-bond donors (Lipinski definition) is 1. The molecule has 3 aromatic carbocycles. The predicted octanol–water partition coefficient (Wildman–Crippen LogP) is 5.10. The molecule has 0 spiro atoms. The average Bonchev–Trinajstić information content (AvgIpc) is 3.14. The molecule has 0 aliphatic carbocycles. The van der Waals surface area contributed by atoms with E-state index < -0.39 is 0 Å². The number of fused-ring (bicyclic) bond motifs is 1. The molecular weight excluding hydrogens is 378 g/mol. The van der Waals surface area contributed by atoms with Gasteiger partial charge in [-0.05, 0) is 35.4 Å². The van der Waals surface area contributed by atoms with E-state index in [4.69, 9.17) is 31.2 Å². The molecule has 142 valence electrons. The zero-order valence-electron chi connectivity index (χ0n) is 15.2. The smallest absolute Gasteiger partial charge is 0.313 e. The highest BCUT2D eigenvalue weighted by Gasteiger charge is 2.17. The van der Waals surface area contributed by atoms with Crippen molar-refractivity contribution in [2.24, 2.45) is 0 Å². The molecule has 0 atom stereocenters. The van der Waals surface area contributed by atoms with Crippen LogP contribution in [0.3, 0.4) is 0 Å². The van der Waals surface area contributed by atoms with Gasteiger partial charge in [-0.2, -0.15) is 0 Å². The van der Waals surface area contributed by atoms with E-state index in [9.17, 15) is 0 Å². The van der Waals surface area contributed by atoms with Gasteiger partial charge in [0.1, 0.15) is 6.61 Å². The summed E-state index contributed by atoms with van der Waals surface area (Å²) >= 11 is 6.49. The lowest BCUT2D eigenvalue weighted by molar-refractivity contribution is 0.270. The number of nitrogen functional groups attached to an aromatic ring is 1. The molecule has 1 heterocycles. The first-order valence-corrected chi connectivity index (χ1v) is 9.18. The standard InChI is InChI=1S/C21H18ClN3O3/c1-2-26-18-11-15(20-24-25-21(23)28-20)10-17(22)19(18)27-12-14-8-5-7-13-6-3-4-9-16(13)14/h3-11H,2,12H2,1H3,(H2,23,25). The van der Waals surface area contributed by atoms with Crippen molar-refractivity contribution in [1.82, 2.24) is 10.2 Å². The minimum atomic E-state index is -0.0136. The summed E-state index contributed by atoms with van der Waals surface area (Å²) in [4.78, 5) is 0. The highest BCUT2D eigenvalue weighted by Crippen LogP contribution is 2.40. The molecule has 0 unspecified atom stereocenters. The molecule has 0 fully saturated rings.